The SMILES string of the molecule is CNC(CCN1CC(C)OC(C)(C)C1)c1ccc(Cl)cc1. The quantitative estimate of drug-likeness (QED) is 0.901. The first-order valence-electron chi connectivity index (χ1n) is 7.72. The fraction of sp³-hybridized carbons (Fsp3) is 0.647. The molecule has 1 aromatic rings. The summed E-state index contributed by atoms with van der Waals surface area (Å²) < 4.78 is 5.96. The first kappa shape index (κ1) is 16.8. The van der Waals surface area contributed by atoms with Crippen LogP contribution in [0.15, 0.2) is 24.3 Å². The molecule has 118 valence electrons. The van der Waals surface area contributed by atoms with Crippen LogP contribution < -0.4 is 5.32 Å². The van der Waals surface area contributed by atoms with Crippen LogP contribution in [-0.4, -0.2) is 43.3 Å². The number of rotatable bonds is 5. The topological polar surface area (TPSA) is 24.5 Å². The Kier molecular flexibility index (Phi) is 5.67. The summed E-state index contributed by atoms with van der Waals surface area (Å²) in [5.74, 6) is 0. The molecule has 1 heterocycles. The lowest BCUT2D eigenvalue weighted by molar-refractivity contribution is -0.129. The van der Waals surface area contributed by atoms with E-state index in [1.807, 2.05) is 19.2 Å². The molecular weight excluding hydrogens is 284 g/mol. The van der Waals surface area contributed by atoms with Crippen LogP contribution in [0, 0.1) is 0 Å². The molecule has 0 amide bonds. The van der Waals surface area contributed by atoms with Gasteiger partial charge in [0.25, 0.3) is 0 Å². The van der Waals surface area contributed by atoms with Crippen LogP contribution in [0.1, 0.15) is 38.8 Å². The fourth-order valence-corrected chi connectivity index (χ4v) is 3.37. The van der Waals surface area contributed by atoms with Gasteiger partial charge in [0.2, 0.25) is 0 Å². The second kappa shape index (κ2) is 7.10. The van der Waals surface area contributed by atoms with Crippen LogP contribution in [0.2, 0.25) is 5.02 Å². The molecule has 0 saturated carbocycles. The van der Waals surface area contributed by atoms with Crippen molar-refractivity contribution in [1.29, 1.82) is 0 Å². The van der Waals surface area contributed by atoms with E-state index in [2.05, 4.69) is 43.1 Å². The van der Waals surface area contributed by atoms with Crippen LogP contribution >= 0.6 is 11.6 Å². The van der Waals surface area contributed by atoms with E-state index in [9.17, 15) is 0 Å². The Morgan fingerprint density at radius 2 is 2.05 bits per heavy atom. The lowest BCUT2D eigenvalue weighted by Gasteiger charge is -2.42. The lowest BCUT2D eigenvalue weighted by atomic mass is 10.0. The zero-order chi connectivity index (χ0) is 15.5. The number of morpholine rings is 1. The Morgan fingerprint density at radius 1 is 1.38 bits per heavy atom. The molecule has 1 N–H and O–H groups in total. The molecule has 0 aliphatic carbocycles. The summed E-state index contributed by atoms with van der Waals surface area (Å²) in [6.07, 6.45) is 1.39. The van der Waals surface area contributed by atoms with E-state index in [0.717, 1.165) is 31.1 Å². The number of halogens is 1. The van der Waals surface area contributed by atoms with E-state index >= 15 is 0 Å². The zero-order valence-electron chi connectivity index (χ0n) is 13.5. The Hall–Kier alpha value is -0.610. The van der Waals surface area contributed by atoms with Gasteiger partial charge in [0.05, 0.1) is 11.7 Å². The third-order valence-corrected chi connectivity index (χ3v) is 4.25. The monoisotopic (exact) mass is 310 g/mol. The molecule has 2 unspecified atom stereocenters. The van der Waals surface area contributed by atoms with Gasteiger partial charge in [0, 0.05) is 30.7 Å². The van der Waals surface area contributed by atoms with Crippen molar-refractivity contribution in [2.45, 2.75) is 44.9 Å². The highest BCUT2D eigenvalue weighted by molar-refractivity contribution is 6.30. The zero-order valence-corrected chi connectivity index (χ0v) is 14.3. The molecule has 0 bridgehead atoms. The van der Waals surface area contributed by atoms with E-state index in [4.69, 9.17) is 16.3 Å². The van der Waals surface area contributed by atoms with Gasteiger partial charge in [-0.3, -0.25) is 4.90 Å². The number of nitrogens with zero attached hydrogens (tertiary/aromatic N) is 1. The van der Waals surface area contributed by atoms with Crippen molar-refractivity contribution >= 4 is 11.6 Å². The summed E-state index contributed by atoms with van der Waals surface area (Å²) in [4.78, 5) is 2.51. The van der Waals surface area contributed by atoms with Gasteiger partial charge < -0.3 is 10.1 Å². The maximum atomic E-state index is 5.96. The summed E-state index contributed by atoms with van der Waals surface area (Å²) in [6.45, 7) is 9.58. The third kappa shape index (κ3) is 4.96. The standard InChI is InChI=1S/C17H27ClN2O/c1-13-11-20(12-17(2,3)21-13)10-9-16(19-4)14-5-7-15(18)8-6-14/h5-8,13,16,19H,9-12H2,1-4H3. The van der Waals surface area contributed by atoms with Crippen molar-refractivity contribution in [3.8, 4) is 0 Å². The molecule has 3 nitrogen and oxygen atoms in total. The molecule has 1 aromatic carbocycles. The van der Waals surface area contributed by atoms with Gasteiger partial charge in [-0.2, -0.15) is 0 Å². The second-order valence-electron chi connectivity index (χ2n) is 6.60. The maximum absolute atomic E-state index is 5.96. The first-order chi connectivity index (χ1) is 9.89. The van der Waals surface area contributed by atoms with E-state index < -0.39 is 0 Å². The van der Waals surface area contributed by atoms with Crippen molar-refractivity contribution in [3.63, 3.8) is 0 Å². The summed E-state index contributed by atoms with van der Waals surface area (Å²) in [6, 6.07) is 8.50. The van der Waals surface area contributed by atoms with E-state index in [0.29, 0.717) is 12.1 Å². The van der Waals surface area contributed by atoms with Gasteiger partial charge >= 0.3 is 0 Å². The lowest BCUT2D eigenvalue weighted by Crippen LogP contribution is -2.52. The third-order valence-electron chi connectivity index (χ3n) is 3.99. The van der Waals surface area contributed by atoms with Crippen LogP contribution in [0.4, 0.5) is 0 Å². The summed E-state index contributed by atoms with van der Waals surface area (Å²) in [7, 11) is 2.02. The highest BCUT2D eigenvalue weighted by Gasteiger charge is 2.31. The molecule has 1 aliphatic rings. The smallest absolute Gasteiger partial charge is 0.0757 e. The van der Waals surface area contributed by atoms with Gasteiger partial charge in [-0.25, -0.2) is 0 Å². The minimum absolute atomic E-state index is 0.0485. The average Bonchev–Trinajstić information content (AvgIpc) is 2.39. The Bertz CT molecular complexity index is 447. The number of hydrogen-bond donors (Lipinski definition) is 1. The van der Waals surface area contributed by atoms with Crippen molar-refractivity contribution < 1.29 is 4.74 Å². The van der Waals surface area contributed by atoms with Gasteiger partial charge in [-0.1, -0.05) is 23.7 Å². The van der Waals surface area contributed by atoms with Gasteiger partial charge in [-0.15, -0.1) is 0 Å². The van der Waals surface area contributed by atoms with Crippen LogP contribution in [-0.2, 0) is 4.74 Å². The van der Waals surface area contributed by atoms with Crippen molar-refractivity contribution in [2.24, 2.45) is 0 Å². The Balaban J connectivity index is 1.92. The number of hydrogen-bond acceptors (Lipinski definition) is 3. The predicted molar refractivity (Wildman–Crippen MR) is 88.9 cm³/mol. The average molecular weight is 311 g/mol. The summed E-state index contributed by atoms with van der Waals surface area (Å²) >= 11 is 5.96. The molecule has 21 heavy (non-hydrogen) atoms. The van der Waals surface area contributed by atoms with Gasteiger partial charge in [0.15, 0.2) is 0 Å². The molecule has 2 atom stereocenters. The van der Waals surface area contributed by atoms with Crippen LogP contribution in [0.5, 0.6) is 0 Å². The highest BCUT2D eigenvalue weighted by atomic mass is 35.5. The largest absolute Gasteiger partial charge is 0.370 e. The van der Waals surface area contributed by atoms with E-state index in [-0.39, 0.29) is 5.60 Å². The first-order valence-corrected chi connectivity index (χ1v) is 8.10. The van der Waals surface area contributed by atoms with Gasteiger partial charge in [-0.05, 0) is 51.9 Å². The highest BCUT2D eigenvalue weighted by Crippen LogP contribution is 2.23. The molecule has 1 saturated heterocycles. The minimum Gasteiger partial charge on any atom is -0.370 e. The van der Waals surface area contributed by atoms with Crippen LogP contribution in [0.25, 0.3) is 0 Å². The van der Waals surface area contributed by atoms with E-state index in [1.54, 1.807) is 0 Å². The number of ether oxygens (including phenoxy) is 1. The van der Waals surface area contributed by atoms with Crippen LogP contribution in [0.3, 0.4) is 0 Å². The molecule has 4 heteroatoms. The van der Waals surface area contributed by atoms with E-state index in [1.165, 1.54) is 5.56 Å². The minimum atomic E-state index is -0.0485. The summed E-state index contributed by atoms with van der Waals surface area (Å²) in [5.41, 5.74) is 1.25. The molecule has 1 aliphatic heterocycles. The number of nitrogens with one attached hydrogen (secondary N) is 1. The molecule has 1 fully saturated rings. The predicted octanol–water partition coefficient (Wildman–Crippen LogP) is 3.49. The molecular formula is C17H27ClN2O. The summed E-state index contributed by atoms with van der Waals surface area (Å²) in [5, 5.41) is 4.20. The van der Waals surface area contributed by atoms with Crippen molar-refractivity contribution in [3.05, 3.63) is 34.9 Å². The normalized spacial score (nSPS) is 24.0. The molecule has 2 rings (SSSR count). The van der Waals surface area contributed by atoms with Crippen molar-refractivity contribution in [2.75, 3.05) is 26.7 Å². The Morgan fingerprint density at radius 3 is 2.62 bits per heavy atom. The maximum Gasteiger partial charge on any atom is 0.0757 e. The van der Waals surface area contributed by atoms with Gasteiger partial charge in [0.1, 0.15) is 0 Å². The second-order valence-corrected chi connectivity index (χ2v) is 7.04. The molecule has 0 aromatic heterocycles. The molecule has 0 radical (unpaired) electrons. The Labute approximate surface area is 133 Å². The van der Waals surface area contributed by atoms with Crippen molar-refractivity contribution in [1.82, 2.24) is 10.2 Å². The fourth-order valence-electron chi connectivity index (χ4n) is 3.24. The number of benzene rings is 1. The molecule has 0 spiro atoms.